The van der Waals surface area contributed by atoms with Gasteiger partial charge in [-0.15, -0.1) is 0 Å². The van der Waals surface area contributed by atoms with Crippen molar-refractivity contribution in [1.82, 2.24) is 14.5 Å². The molecule has 13 heavy (non-hydrogen) atoms. The Morgan fingerprint density at radius 3 is 3.15 bits per heavy atom. The fraction of sp³-hybridized carbons (Fsp3) is 0.667. The molecular weight excluding hydrogens is 166 g/mol. The number of rotatable bonds is 1. The van der Waals surface area contributed by atoms with E-state index < -0.39 is 0 Å². The minimum atomic E-state index is 0.0518. The minimum Gasteiger partial charge on any atom is -0.390 e. The highest BCUT2D eigenvalue weighted by Crippen LogP contribution is 2.14. The van der Waals surface area contributed by atoms with Gasteiger partial charge in [-0.2, -0.15) is 0 Å². The molecule has 1 aliphatic rings. The van der Waals surface area contributed by atoms with Gasteiger partial charge in [0, 0.05) is 13.1 Å². The van der Waals surface area contributed by atoms with Gasteiger partial charge in [-0.3, -0.25) is 0 Å². The van der Waals surface area contributed by atoms with Crippen LogP contribution in [0.5, 0.6) is 0 Å². The molecule has 1 aliphatic heterocycles. The maximum Gasteiger partial charge on any atom is 0.0953 e. The summed E-state index contributed by atoms with van der Waals surface area (Å²) >= 11 is 0. The van der Waals surface area contributed by atoms with Crippen molar-refractivity contribution >= 4 is 0 Å². The fourth-order valence-corrected chi connectivity index (χ4v) is 1.80. The molecule has 1 aromatic rings. The molecule has 0 amide bonds. The number of imidazole rings is 1. The van der Waals surface area contributed by atoms with Crippen LogP contribution in [0.3, 0.4) is 0 Å². The average Bonchev–Trinajstić information content (AvgIpc) is 2.39. The highest BCUT2D eigenvalue weighted by atomic mass is 16.3. The lowest BCUT2D eigenvalue weighted by molar-refractivity contribution is 0.271. The van der Waals surface area contributed by atoms with Crippen LogP contribution in [0.4, 0.5) is 0 Å². The lowest BCUT2D eigenvalue weighted by Crippen LogP contribution is -2.18. The van der Waals surface area contributed by atoms with Crippen LogP contribution >= 0.6 is 0 Å². The highest BCUT2D eigenvalue weighted by Gasteiger charge is 2.15. The Labute approximate surface area is 77.8 Å². The van der Waals surface area contributed by atoms with E-state index in [0.717, 1.165) is 31.7 Å². The second kappa shape index (κ2) is 3.47. The van der Waals surface area contributed by atoms with Crippen LogP contribution in [0.1, 0.15) is 17.8 Å². The summed E-state index contributed by atoms with van der Waals surface area (Å²) in [4.78, 5) is 6.44. The third kappa shape index (κ3) is 1.59. The molecule has 0 radical (unpaired) electrons. The van der Waals surface area contributed by atoms with Crippen molar-refractivity contribution in [3.63, 3.8) is 0 Å². The molecule has 2 rings (SSSR count). The number of aliphatic hydroxyl groups excluding tert-OH is 1. The van der Waals surface area contributed by atoms with Crippen LogP contribution in [0.15, 0.2) is 6.33 Å². The lowest BCUT2D eigenvalue weighted by Gasteiger charge is -2.12. The van der Waals surface area contributed by atoms with Crippen molar-refractivity contribution < 1.29 is 5.11 Å². The largest absolute Gasteiger partial charge is 0.390 e. The standard InChI is InChI=1S/C9H15N3O/c1-11-3-2-4-12-7-10-8(6-13)9(12)5-11/h7,13H,2-6H2,1H3. The van der Waals surface area contributed by atoms with Crippen LogP contribution in [0, 0.1) is 0 Å². The zero-order valence-corrected chi connectivity index (χ0v) is 7.90. The van der Waals surface area contributed by atoms with E-state index in [1.165, 1.54) is 5.69 Å². The molecule has 0 spiro atoms. The number of nitrogens with zero attached hydrogens (tertiary/aromatic N) is 3. The fourth-order valence-electron chi connectivity index (χ4n) is 1.80. The summed E-state index contributed by atoms with van der Waals surface area (Å²) in [5, 5.41) is 9.07. The van der Waals surface area contributed by atoms with Crippen LogP contribution in [0.25, 0.3) is 0 Å². The van der Waals surface area contributed by atoms with E-state index in [1.807, 2.05) is 6.33 Å². The summed E-state index contributed by atoms with van der Waals surface area (Å²) < 4.78 is 2.15. The van der Waals surface area contributed by atoms with Crippen molar-refractivity contribution in [3.8, 4) is 0 Å². The Bertz CT molecular complexity index is 295. The normalized spacial score (nSPS) is 18.3. The molecular formula is C9H15N3O. The van der Waals surface area contributed by atoms with Crippen LogP contribution in [-0.4, -0.2) is 33.1 Å². The molecule has 0 bridgehead atoms. The number of hydrogen-bond donors (Lipinski definition) is 1. The monoisotopic (exact) mass is 181 g/mol. The molecule has 0 fully saturated rings. The third-order valence-electron chi connectivity index (χ3n) is 2.54. The Kier molecular flexibility index (Phi) is 2.33. The molecule has 0 saturated heterocycles. The molecule has 2 heterocycles. The molecule has 4 nitrogen and oxygen atoms in total. The molecule has 0 atom stereocenters. The zero-order valence-electron chi connectivity index (χ0n) is 7.90. The molecule has 0 unspecified atom stereocenters. The van der Waals surface area contributed by atoms with Crippen LogP contribution in [0.2, 0.25) is 0 Å². The van der Waals surface area contributed by atoms with Gasteiger partial charge in [-0.1, -0.05) is 0 Å². The van der Waals surface area contributed by atoms with Crippen molar-refractivity contribution in [3.05, 3.63) is 17.7 Å². The summed E-state index contributed by atoms with van der Waals surface area (Å²) in [5.41, 5.74) is 2.00. The van der Waals surface area contributed by atoms with E-state index in [4.69, 9.17) is 5.11 Å². The first-order chi connectivity index (χ1) is 6.31. The Hall–Kier alpha value is -0.870. The van der Waals surface area contributed by atoms with E-state index in [1.54, 1.807) is 0 Å². The van der Waals surface area contributed by atoms with Gasteiger partial charge in [0.1, 0.15) is 0 Å². The summed E-state index contributed by atoms with van der Waals surface area (Å²) in [5.74, 6) is 0. The SMILES string of the molecule is CN1CCCn2cnc(CO)c2C1. The van der Waals surface area contributed by atoms with E-state index in [9.17, 15) is 0 Å². The van der Waals surface area contributed by atoms with Gasteiger partial charge in [0.15, 0.2) is 0 Å². The van der Waals surface area contributed by atoms with Gasteiger partial charge in [-0.05, 0) is 20.0 Å². The third-order valence-corrected chi connectivity index (χ3v) is 2.54. The second-order valence-electron chi connectivity index (χ2n) is 3.58. The first kappa shape index (κ1) is 8.72. The van der Waals surface area contributed by atoms with Crippen molar-refractivity contribution in [2.24, 2.45) is 0 Å². The molecule has 72 valence electrons. The molecule has 0 saturated carbocycles. The number of aromatic nitrogens is 2. The van der Waals surface area contributed by atoms with Gasteiger partial charge in [0.2, 0.25) is 0 Å². The van der Waals surface area contributed by atoms with Crippen LogP contribution < -0.4 is 0 Å². The molecule has 0 aliphatic carbocycles. The summed E-state index contributed by atoms with van der Waals surface area (Å²) in [6.45, 7) is 3.09. The Morgan fingerprint density at radius 1 is 1.54 bits per heavy atom. The summed E-state index contributed by atoms with van der Waals surface area (Å²) in [6, 6.07) is 0. The Morgan fingerprint density at radius 2 is 2.38 bits per heavy atom. The van der Waals surface area contributed by atoms with Crippen molar-refractivity contribution in [1.29, 1.82) is 0 Å². The molecule has 4 heteroatoms. The topological polar surface area (TPSA) is 41.3 Å². The number of hydrogen-bond acceptors (Lipinski definition) is 3. The highest BCUT2D eigenvalue weighted by molar-refractivity contribution is 5.12. The van der Waals surface area contributed by atoms with Crippen LogP contribution in [-0.2, 0) is 19.7 Å². The number of fused-ring (bicyclic) bond motifs is 1. The molecule has 1 aromatic heterocycles. The van der Waals surface area contributed by atoms with Crippen molar-refractivity contribution in [2.75, 3.05) is 13.6 Å². The summed E-state index contributed by atoms with van der Waals surface area (Å²) in [7, 11) is 2.10. The quantitative estimate of drug-likeness (QED) is 0.673. The van der Waals surface area contributed by atoms with E-state index in [0.29, 0.717) is 0 Å². The first-order valence-corrected chi connectivity index (χ1v) is 4.63. The smallest absolute Gasteiger partial charge is 0.0953 e. The summed E-state index contributed by atoms with van der Waals surface area (Å²) in [6.07, 6.45) is 2.99. The number of aryl methyl sites for hydroxylation is 1. The average molecular weight is 181 g/mol. The van der Waals surface area contributed by atoms with E-state index in [2.05, 4.69) is 21.5 Å². The van der Waals surface area contributed by atoms with Gasteiger partial charge in [0.25, 0.3) is 0 Å². The first-order valence-electron chi connectivity index (χ1n) is 4.63. The second-order valence-corrected chi connectivity index (χ2v) is 3.58. The maximum absolute atomic E-state index is 9.07. The van der Waals surface area contributed by atoms with E-state index >= 15 is 0 Å². The predicted molar refractivity (Wildman–Crippen MR) is 49.1 cm³/mol. The van der Waals surface area contributed by atoms with Gasteiger partial charge in [-0.25, -0.2) is 4.98 Å². The predicted octanol–water partition coefficient (Wildman–Crippen LogP) is 0.211. The minimum absolute atomic E-state index is 0.0518. The molecule has 1 N–H and O–H groups in total. The molecule has 0 aromatic carbocycles. The van der Waals surface area contributed by atoms with Gasteiger partial charge >= 0.3 is 0 Å². The van der Waals surface area contributed by atoms with E-state index in [-0.39, 0.29) is 6.61 Å². The van der Waals surface area contributed by atoms with Gasteiger partial charge < -0.3 is 14.6 Å². The lowest BCUT2D eigenvalue weighted by atomic mass is 10.3. The number of aliphatic hydroxyl groups is 1. The maximum atomic E-state index is 9.07. The van der Waals surface area contributed by atoms with Gasteiger partial charge in [0.05, 0.1) is 24.3 Å². The van der Waals surface area contributed by atoms with Crippen molar-refractivity contribution in [2.45, 2.75) is 26.1 Å². The Balaban J connectivity index is 2.32. The zero-order chi connectivity index (χ0) is 9.26.